The first-order chi connectivity index (χ1) is 16.7. The zero-order chi connectivity index (χ0) is 26.3. The summed E-state index contributed by atoms with van der Waals surface area (Å²) in [7, 11) is 0. The van der Waals surface area contributed by atoms with Crippen molar-refractivity contribution in [2.24, 2.45) is 16.6 Å². The second-order valence-corrected chi connectivity index (χ2v) is 9.52. The van der Waals surface area contributed by atoms with Crippen LogP contribution in [0.15, 0.2) is 23.2 Å². The van der Waals surface area contributed by atoms with Crippen LogP contribution < -0.4 is 20.5 Å². The number of Topliss-reactive ketones (excluding diaryl/α,β-unsaturated/α-hetero) is 1. The summed E-state index contributed by atoms with van der Waals surface area (Å²) in [5.41, 5.74) is 6.03. The topological polar surface area (TPSA) is 103 Å². The van der Waals surface area contributed by atoms with Crippen LogP contribution in [0.5, 0.6) is 11.5 Å². The third kappa shape index (κ3) is 10.3. The number of nitrogens with two attached hydrogens (primary N) is 1. The number of amidine groups is 1. The zero-order valence-corrected chi connectivity index (χ0v) is 22.7. The molecule has 1 aliphatic rings. The van der Waals surface area contributed by atoms with Gasteiger partial charge in [0, 0.05) is 18.0 Å². The highest BCUT2D eigenvalue weighted by Gasteiger charge is 2.34. The van der Waals surface area contributed by atoms with E-state index in [1.54, 1.807) is 25.1 Å². The van der Waals surface area contributed by atoms with Crippen LogP contribution in [0, 0.1) is 5.92 Å². The Balaban J connectivity index is 0.000000350. The largest absolute Gasteiger partial charge is 0.454 e. The van der Waals surface area contributed by atoms with Gasteiger partial charge >= 0.3 is 0 Å². The SMILES string of the molecule is CCCCC(CCCC)(N=C(N)C(C)C)C(C)=O.CCCCCNC(=O)c1ccc2c(c1)OCO2. The zero-order valence-electron chi connectivity index (χ0n) is 22.7. The van der Waals surface area contributed by atoms with Gasteiger partial charge in [0.2, 0.25) is 6.79 Å². The molecule has 0 atom stereocenters. The predicted molar refractivity (Wildman–Crippen MR) is 143 cm³/mol. The molecule has 35 heavy (non-hydrogen) atoms. The van der Waals surface area contributed by atoms with E-state index in [1.165, 1.54) is 0 Å². The predicted octanol–water partition coefficient (Wildman–Crippen LogP) is 6.04. The second-order valence-electron chi connectivity index (χ2n) is 9.52. The molecule has 0 bridgehead atoms. The van der Waals surface area contributed by atoms with Crippen molar-refractivity contribution in [2.75, 3.05) is 13.3 Å². The van der Waals surface area contributed by atoms with Gasteiger partial charge < -0.3 is 20.5 Å². The fourth-order valence-corrected chi connectivity index (χ4v) is 3.70. The van der Waals surface area contributed by atoms with E-state index in [2.05, 4.69) is 31.1 Å². The molecule has 198 valence electrons. The van der Waals surface area contributed by atoms with Gasteiger partial charge in [-0.25, -0.2) is 0 Å². The molecule has 1 aliphatic heterocycles. The Kier molecular flexibility index (Phi) is 14.1. The molecule has 0 aliphatic carbocycles. The Hall–Kier alpha value is -2.57. The maximum absolute atomic E-state index is 12.1. The summed E-state index contributed by atoms with van der Waals surface area (Å²) in [6.45, 7) is 13.1. The molecule has 0 saturated heterocycles. The van der Waals surface area contributed by atoms with E-state index >= 15 is 0 Å². The lowest BCUT2D eigenvalue weighted by molar-refractivity contribution is -0.122. The minimum absolute atomic E-state index is 0.0561. The minimum atomic E-state index is -0.569. The Labute approximate surface area is 212 Å². The van der Waals surface area contributed by atoms with Gasteiger partial charge in [-0.05, 0) is 44.4 Å². The second kappa shape index (κ2) is 16.2. The molecule has 2 rings (SSSR count). The first-order valence-corrected chi connectivity index (χ1v) is 13.2. The van der Waals surface area contributed by atoms with Crippen molar-refractivity contribution in [1.29, 1.82) is 0 Å². The smallest absolute Gasteiger partial charge is 0.251 e. The van der Waals surface area contributed by atoms with Crippen molar-refractivity contribution in [1.82, 2.24) is 5.32 Å². The first kappa shape index (κ1) is 30.5. The quantitative estimate of drug-likeness (QED) is 0.188. The van der Waals surface area contributed by atoms with Gasteiger partial charge in [-0.1, -0.05) is 73.1 Å². The number of amides is 1. The van der Waals surface area contributed by atoms with E-state index in [0.717, 1.165) is 64.3 Å². The third-order valence-electron chi connectivity index (χ3n) is 6.18. The van der Waals surface area contributed by atoms with E-state index < -0.39 is 5.54 Å². The van der Waals surface area contributed by atoms with Crippen LogP contribution >= 0.6 is 0 Å². The average Bonchev–Trinajstić information content (AvgIpc) is 3.31. The summed E-state index contributed by atoms with van der Waals surface area (Å²) < 4.78 is 10.4. The third-order valence-corrected chi connectivity index (χ3v) is 6.18. The molecule has 1 heterocycles. The van der Waals surface area contributed by atoms with Crippen molar-refractivity contribution in [3.63, 3.8) is 0 Å². The van der Waals surface area contributed by atoms with E-state index in [0.29, 0.717) is 22.9 Å². The number of nitrogens with zero attached hydrogens (tertiary/aromatic N) is 1. The van der Waals surface area contributed by atoms with Crippen LogP contribution in [0.25, 0.3) is 0 Å². The number of rotatable bonds is 14. The molecule has 7 nitrogen and oxygen atoms in total. The van der Waals surface area contributed by atoms with Crippen molar-refractivity contribution in [3.8, 4) is 11.5 Å². The maximum atomic E-state index is 12.1. The van der Waals surface area contributed by atoms with Crippen molar-refractivity contribution < 1.29 is 19.1 Å². The summed E-state index contributed by atoms with van der Waals surface area (Å²) in [5.74, 6) is 2.26. The van der Waals surface area contributed by atoms with E-state index in [-0.39, 0.29) is 24.4 Å². The fraction of sp³-hybridized carbons (Fsp3) is 0.679. The number of ketones is 1. The van der Waals surface area contributed by atoms with Crippen LogP contribution in [-0.4, -0.2) is 36.4 Å². The molecule has 1 aromatic rings. The average molecular weight is 490 g/mol. The van der Waals surface area contributed by atoms with Crippen molar-refractivity contribution in [2.45, 2.75) is 105 Å². The molecular formula is C28H47N3O4. The normalized spacial score (nSPS) is 12.8. The van der Waals surface area contributed by atoms with Crippen LogP contribution in [-0.2, 0) is 4.79 Å². The van der Waals surface area contributed by atoms with E-state index in [1.807, 2.05) is 13.8 Å². The maximum Gasteiger partial charge on any atom is 0.251 e. The lowest BCUT2D eigenvalue weighted by Crippen LogP contribution is -2.38. The molecule has 0 spiro atoms. The number of hydrogen-bond donors (Lipinski definition) is 2. The lowest BCUT2D eigenvalue weighted by Gasteiger charge is -2.28. The minimum Gasteiger partial charge on any atom is -0.454 e. The first-order valence-electron chi connectivity index (χ1n) is 13.2. The fourth-order valence-electron chi connectivity index (χ4n) is 3.70. The molecule has 3 N–H and O–H groups in total. The van der Waals surface area contributed by atoms with Gasteiger partial charge in [-0.15, -0.1) is 0 Å². The summed E-state index contributed by atoms with van der Waals surface area (Å²) in [5, 5.41) is 2.89. The van der Waals surface area contributed by atoms with Crippen LogP contribution in [0.4, 0.5) is 0 Å². The molecule has 0 fully saturated rings. The number of carbonyl (C=O) groups is 2. The van der Waals surface area contributed by atoms with Gasteiger partial charge in [-0.3, -0.25) is 14.6 Å². The summed E-state index contributed by atoms with van der Waals surface area (Å²) in [6.07, 6.45) is 9.18. The van der Waals surface area contributed by atoms with Gasteiger partial charge in [0.05, 0.1) is 5.84 Å². The molecule has 0 aromatic heterocycles. The van der Waals surface area contributed by atoms with Crippen LogP contribution in [0.1, 0.15) is 110 Å². The van der Waals surface area contributed by atoms with Gasteiger partial charge in [0.15, 0.2) is 17.3 Å². The van der Waals surface area contributed by atoms with Gasteiger partial charge in [0.25, 0.3) is 5.91 Å². The number of nitrogens with one attached hydrogen (secondary N) is 1. The number of benzene rings is 1. The number of carbonyl (C=O) groups excluding carboxylic acids is 2. The van der Waals surface area contributed by atoms with Gasteiger partial charge in [-0.2, -0.15) is 0 Å². The van der Waals surface area contributed by atoms with Crippen molar-refractivity contribution >= 4 is 17.5 Å². The molecule has 7 heteroatoms. The van der Waals surface area contributed by atoms with Gasteiger partial charge in [0.1, 0.15) is 5.54 Å². The highest BCUT2D eigenvalue weighted by atomic mass is 16.7. The summed E-state index contributed by atoms with van der Waals surface area (Å²) >= 11 is 0. The molecule has 1 aromatic carbocycles. The molecule has 0 radical (unpaired) electrons. The van der Waals surface area contributed by atoms with E-state index in [4.69, 9.17) is 15.2 Å². The molecule has 0 saturated carbocycles. The van der Waals surface area contributed by atoms with Crippen LogP contribution in [0.2, 0.25) is 0 Å². The Morgan fingerprint density at radius 1 is 1.00 bits per heavy atom. The lowest BCUT2D eigenvalue weighted by atomic mass is 9.84. The Morgan fingerprint density at radius 2 is 1.60 bits per heavy atom. The highest BCUT2D eigenvalue weighted by Crippen LogP contribution is 2.32. The van der Waals surface area contributed by atoms with Crippen LogP contribution in [0.3, 0.4) is 0 Å². The number of aliphatic imine (C=N–C) groups is 1. The van der Waals surface area contributed by atoms with Crippen molar-refractivity contribution in [3.05, 3.63) is 23.8 Å². The number of unbranched alkanes of at least 4 members (excludes halogenated alkanes) is 4. The number of ether oxygens (including phenoxy) is 2. The molecule has 1 amide bonds. The Morgan fingerprint density at radius 3 is 2.14 bits per heavy atom. The summed E-state index contributed by atoms with van der Waals surface area (Å²) in [4.78, 5) is 28.5. The number of fused-ring (bicyclic) bond motifs is 1. The Bertz CT molecular complexity index is 812. The number of hydrogen-bond acceptors (Lipinski definition) is 5. The summed E-state index contributed by atoms with van der Waals surface area (Å²) in [6, 6.07) is 5.24. The molecule has 0 unspecified atom stereocenters. The molecular weight excluding hydrogens is 442 g/mol. The standard InChI is InChI=1S/C15H30N2O.C13H17NO3/c1-6-8-10-15(13(5)18,11-9-7-2)17-14(16)12(3)4;1-2-3-4-7-14-13(15)10-5-6-11-12(8-10)17-9-16-11/h12H,6-11H2,1-5H3,(H2,16,17);5-6,8H,2-4,7,9H2,1H3,(H,14,15). The van der Waals surface area contributed by atoms with E-state index in [9.17, 15) is 9.59 Å². The monoisotopic (exact) mass is 489 g/mol. The highest BCUT2D eigenvalue weighted by molar-refractivity contribution is 5.95.